The molecule has 1 heterocycles. The molecule has 0 unspecified atom stereocenters. The van der Waals surface area contributed by atoms with Crippen molar-refractivity contribution in [1.29, 1.82) is 0 Å². The van der Waals surface area contributed by atoms with E-state index >= 15 is 0 Å². The van der Waals surface area contributed by atoms with Gasteiger partial charge in [0.05, 0.1) is 14.6 Å². The molecule has 2 aromatic rings. The second kappa shape index (κ2) is 7.31. The molecule has 0 aliphatic heterocycles. The molecule has 0 saturated heterocycles. The first kappa shape index (κ1) is 16.4. The summed E-state index contributed by atoms with van der Waals surface area (Å²) in [6, 6.07) is 4.80. The molecule has 0 amide bonds. The van der Waals surface area contributed by atoms with Crippen molar-refractivity contribution in [3.05, 3.63) is 38.7 Å². The van der Waals surface area contributed by atoms with Gasteiger partial charge in [-0.15, -0.1) is 0 Å². The second-order valence-corrected chi connectivity index (χ2v) is 6.21. The van der Waals surface area contributed by atoms with Crippen molar-refractivity contribution < 1.29 is 4.39 Å². The molecule has 0 spiro atoms. The normalized spacial score (nSPS) is 10.7. The van der Waals surface area contributed by atoms with Crippen LogP contribution in [0.5, 0.6) is 0 Å². The third kappa shape index (κ3) is 3.80. The highest BCUT2D eigenvalue weighted by molar-refractivity contribution is 9.11. The molecular formula is C15H16Br2FN3. The molecule has 21 heavy (non-hydrogen) atoms. The Hall–Kier alpha value is -1.01. The molecule has 0 radical (unpaired) electrons. The highest BCUT2D eigenvalue weighted by Gasteiger charge is 2.13. The number of halogens is 3. The van der Waals surface area contributed by atoms with E-state index in [1.807, 2.05) is 6.92 Å². The summed E-state index contributed by atoms with van der Waals surface area (Å²) in [5.74, 6) is 1.07. The molecular weight excluding hydrogens is 401 g/mol. The Bertz CT molecular complexity index is 647. The zero-order valence-corrected chi connectivity index (χ0v) is 15.1. The zero-order chi connectivity index (χ0) is 15.4. The Labute approximate surface area is 140 Å². The van der Waals surface area contributed by atoms with Gasteiger partial charge in [-0.1, -0.05) is 13.8 Å². The Morgan fingerprint density at radius 2 is 1.95 bits per heavy atom. The van der Waals surface area contributed by atoms with Crippen LogP contribution in [0.3, 0.4) is 0 Å². The number of aromatic nitrogens is 2. The third-order valence-corrected chi connectivity index (χ3v) is 4.42. The number of benzene rings is 1. The number of nitrogens with zero attached hydrogens (tertiary/aromatic N) is 2. The van der Waals surface area contributed by atoms with Gasteiger partial charge < -0.3 is 5.32 Å². The van der Waals surface area contributed by atoms with Crippen LogP contribution < -0.4 is 5.32 Å². The minimum atomic E-state index is -0.295. The monoisotopic (exact) mass is 415 g/mol. The predicted molar refractivity (Wildman–Crippen MR) is 91.0 cm³/mol. The van der Waals surface area contributed by atoms with Crippen LogP contribution in [0.15, 0.2) is 27.1 Å². The summed E-state index contributed by atoms with van der Waals surface area (Å²) in [4.78, 5) is 9.11. The number of anilines is 1. The average molecular weight is 417 g/mol. The van der Waals surface area contributed by atoms with Gasteiger partial charge >= 0.3 is 0 Å². The van der Waals surface area contributed by atoms with Crippen LogP contribution in [0.1, 0.15) is 26.0 Å². The molecule has 2 rings (SSSR count). The van der Waals surface area contributed by atoms with Gasteiger partial charge in [-0.3, -0.25) is 0 Å². The summed E-state index contributed by atoms with van der Waals surface area (Å²) in [6.07, 6.45) is 1.80. The van der Waals surface area contributed by atoms with E-state index in [4.69, 9.17) is 0 Å². The molecule has 1 aromatic carbocycles. The van der Waals surface area contributed by atoms with Crippen LogP contribution in [0.2, 0.25) is 0 Å². The second-order valence-electron chi connectivity index (χ2n) is 4.57. The van der Waals surface area contributed by atoms with E-state index in [0.29, 0.717) is 10.3 Å². The van der Waals surface area contributed by atoms with Crippen LogP contribution in [-0.2, 0) is 6.42 Å². The third-order valence-electron chi connectivity index (χ3n) is 2.97. The van der Waals surface area contributed by atoms with Gasteiger partial charge in [0.2, 0.25) is 0 Å². The zero-order valence-electron chi connectivity index (χ0n) is 11.9. The lowest BCUT2D eigenvalue weighted by atomic mass is 10.2. The lowest BCUT2D eigenvalue weighted by molar-refractivity contribution is 0.621. The standard InChI is InChI=1S/C15H16Br2FN3/c1-3-7-19-15-13(17)12(4-2)20-14(21-15)9-5-6-11(18)10(16)8-9/h5-6,8H,3-4,7H2,1-2H3,(H,19,20,21). The van der Waals surface area contributed by atoms with Crippen molar-refractivity contribution in [3.63, 3.8) is 0 Å². The van der Waals surface area contributed by atoms with Gasteiger partial charge in [0.25, 0.3) is 0 Å². The fourth-order valence-electron chi connectivity index (χ4n) is 1.85. The van der Waals surface area contributed by atoms with E-state index in [9.17, 15) is 4.39 Å². The topological polar surface area (TPSA) is 37.8 Å². The van der Waals surface area contributed by atoms with Crippen molar-refractivity contribution in [2.45, 2.75) is 26.7 Å². The largest absolute Gasteiger partial charge is 0.369 e. The van der Waals surface area contributed by atoms with Crippen LogP contribution in [-0.4, -0.2) is 16.5 Å². The Morgan fingerprint density at radius 3 is 2.57 bits per heavy atom. The van der Waals surface area contributed by atoms with Gasteiger partial charge in [-0.25, -0.2) is 14.4 Å². The van der Waals surface area contributed by atoms with E-state index < -0.39 is 0 Å². The predicted octanol–water partition coefficient (Wildman–Crippen LogP) is 5.19. The van der Waals surface area contributed by atoms with Crippen molar-refractivity contribution in [2.24, 2.45) is 0 Å². The Balaban J connectivity index is 2.49. The molecule has 0 saturated carbocycles. The molecule has 0 aliphatic carbocycles. The first-order valence-corrected chi connectivity index (χ1v) is 8.41. The molecule has 0 fully saturated rings. The van der Waals surface area contributed by atoms with Crippen molar-refractivity contribution in [2.75, 3.05) is 11.9 Å². The molecule has 112 valence electrons. The molecule has 3 nitrogen and oxygen atoms in total. The van der Waals surface area contributed by atoms with Crippen LogP contribution in [0, 0.1) is 5.82 Å². The van der Waals surface area contributed by atoms with E-state index in [0.717, 1.165) is 40.9 Å². The minimum absolute atomic E-state index is 0.295. The summed E-state index contributed by atoms with van der Waals surface area (Å²) in [5.41, 5.74) is 1.71. The maximum absolute atomic E-state index is 13.4. The van der Waals surface area contributed by atoms with Gasteiger partial charge in [0.15, 0.2) is 5.82 Å². The number of hydrogen-bond acceptors (Lipinski definition) is 3. The highest BCUT2D eigenvalue weighted by Crippen LogP contribution is 2.29. The van der Waals surface area contributed by atoms with E-state index in [1.165, 1.54) is 6.07 Å². The molecule has 0 atom stereocenters. The van der Waals surface area contributed by atoms with Gasteiger partial charge in [0, 0.05) is 12.1 Å². The number of aryl methyl sites for hydroxylation is 1. The fraction of sp³-hybridized carbons (Fsp3) is 0.333. The van der Waals surface area contributed by atoms with E-state index in [1.54, 1.807) is 12.1 Å². The summed E-state index contributed by atoms with van der Waals surface area (Å²) in [6.45, 7) is 4.98. The quantitative estimate of drug-likeness (QED) is 0.728. The maximum Gasteiger partial charge on any atom is 0.161 e. The van der Waals surface area contributed by atoms with E-state index in [-0.39, 0.29) is 5.82 Å². The summed E-state index contributed by atoms with van der Waals surface area (Å²) in [5, 5.41) is 3.29. The Kier molecular flexibility index (Phi) is 5.70. The lowest BCUT2D eigenvalue weighted by Crippen LogP contribution is -2.07. The summed E-state index contributed by atoms with van der Waals surface area (Å²) in [7, 11) is 0. The van der Waals surface area contributed by atoms with Crippen molar-refractivity contribution in [1.82, 2.24) is 9.97 Å². The first-order chi connectivity index (χ1) is 10.1. The van der Waals surface area contributed by atoms with Gasteiger partial charge in [-0.05, 0) is 62.9 Å². The minimum Gasteiger partial charge on any atom is -0.369 e. The van der Waals surface area contributed by atoms with E-state index in [2.05, 4.69) is 54.1 Å². The fourth-order valence-corrected chi connectivity index (χ4v) is 2.83. The molecule has 1 N–H and O–H groups in total. The van der Waals surface area contributed by atoms with Gasteiger partial charge in [-0.2, -0.15) is 0 Å². The first-order valence-electron chi connectivity index (χ1n) is 6.82. The maximum atomic E-state index is 13.4. The summed E-state index contributed by atoms with van der Waals surface area (Å²) < 4.78 is 14.7. The molecule has 0 aliphatic rings. The molecule has 6 heteroatoms. The number of hydrogen-bond donors (Lipinski definition) is 1. The smallest absolute Gasteiger partial charge is 0.161 e. The van der Waals surface area contributed by atoms with Crippen LogP contribution in [0.25, 0.3) is 11.4 Å². The average Bonchev–Trinajstić information content (AvgIpc) is 2.49. The van der Waals surface area contributed by atoms with Gasteiger partial charge in [0.1, 0.15) is 11.6 Å². The molecule has 0 bridgehead atoms. The van der Waals surface area contributed by atoms with Crippen molar-refractivity contribution in [3.8, 4) is 11.4 Å². The number of rotatable bonds is 5. The molecule has 1 aromatic heterocycles. The highest BCUT2D eigenvalue weighted by atomic mass is 79.9. The summed E-state index contributed by atoms with van der Waals surface area (Å²) >= 11 is 6.75. The lowest BCUT2D eigenvalue weighted by Gasteiger charge is -2.12. The Morgan fingerprint density at radius 1 is 1.19 bits per heavy atom. The van der Waals surface area contributed by atoms with Crippen LogP contribution in [0.4, 0.5) is 10.2 Å². The van der Waals surface area contributed by atoms with Crippen molar-refractivity contribution >= 4 is 37.7 Å². The van der Waals surface area contributed by atoms with Crippen LogP contribution >= 0.6 is 31.9 Å². The number of nitrogens with one attached hydrogen (secondary N) is 1. The SMILES string of the molecule is CCCNc1nc(-c2ccc(F)c(Br)c2)nc(CC)c1Br.